The number of hydrogen-bond donors (Lipinski definition) is 2. The summed E-state index contributed by atoms with van der Waals surface area (Å²) in [7, 11) is 4.18. The first-order valence-electron chi connectivity index (χ1n) is 17.8. The van der Waals surface area contributed by atoms with Crippen LogP contribution in [0.5, 0.6) is 11.5 Å². The molecule has 0 spiro atoms. The van der Waals surface area contributed by atoms with Gasteiger partial charge in [-0.2, -0.15) is 0 Å². The number of aromatic nitrogens is 2. The van der Waals surface area contributed by atoms with Gasteiger partial charge >= 0.3 is 0 Å². The van der Waals surface area contributed by atoms with Crippen LogP contribution in [0, 0.1) is 13.8 Å². The number of benzene rings is 6. The molecule has 6 nitrogen and oxygen atoms in total. The maximum Gasteiger partial charge on any atom is 0.144 e. The molecule has 0 amide bonds. The van der Waals surface area contributed by atoms with Gasteiger partial charge in [-0.05, 0) is 87.5 Å². The molecule has 8 aromatic rings. The fourth-order valence-corrected chi connectivity index (χ4v) is 7.81. The number of para-hydroxylation sites is 4. The Kier molecular flexibility index (Phi) is 8.50. The van der Waals surface area contributed by atoms with Gasteiger partial charge in [-0.3, -0.25) is 4.90 Å². The SMILES string of the molecule is Cc1cc(CCN(CCN(C)C)Cc2cc(C)cc(-n3c4ccccc4c4ccccc43)c2O)c(O)c(-n2c3ccccc3c3ccccc32)c1. The van der Waals surface area contributed by atoms with Gasteiger partial charge in [0.15, 0.2) is 0 Å². The number of rotatable bonds is 10. The standard InChI is InChI=1S/C45H44N4O2/c1-30-25-32(44(50)42(27-30)48-38-17-9-5-13-34(38)35-14-6-10-18-39(35)48)21-22-47(24-23-46(3)4)29-33-26-31(2)28-43(45(33)51)49-40-19-11-7-15-36(40)37-16-8-12-20-41(37)49/h5-20,25-28,50-51H,21-24,29H2,1-4H3. The number of nitrogens with zero attached hydrogens (tertiary/aromatic N) is 4. The molecule has 2 aromatic heterocycles. The van der Waals surface area contributed by atoms with E-state index in [0.717, 1.165) is 75.3 Å². The predicted octanol–water partition coefficient (Wildman–Crippen LogP) is 9.52. The molecule has 51 heavy (non-hydrogen) atoms. The molecule has 8 rings (SSSR count). The van der Waals surface area contributed by atoms with E-state index in [2.05, 4.69) is 168 Å². The fourth-order valence-electron chi connectivity index (χ4n) is 7.81. The van der Waals surface area contributed by atoms with E-state index in [1.807, 2.05) is 0 Å². The van der Waals surface area contributed by atoms with Crippen molar-refractivity contribution in [2.45, 2.75) is 26.8 Å². The van der Waals surface area contributed by atoms with Gasteiger partial charge in [0.25, 0.3) is 0 Å². The van der Waals surface area contributed by atoms with Crippen molar-refractivity contribution in [2.75, 3.05) is 33.7 Å². The Morgan fingerprint density at radius 2 is 0.882 bits per heavy atom. The first-order chi connectivity index (χ1) is 24.8. The summed E-state index contributed by atoms with van der Waals surface area (Å²) in [4.78, 5) is 4.59. The lowest BCUT2D eigenvalue weighted by molar-refractivity contribution is 0.233. The van der Waals surface area contributed by atoms with E-state index >= 15 is 0 Å². The van der Waals surface area contributed by atoms with Crippen LogP contribution in [0.1, 0.15) is 22.3 Å². The van der Waals surface area contributed by atoms with Gasteiger partial charge < -0.3 is 24.2 Å². The average Bonchev–Trinajstić information content (AvgIpc) is 3.65. The first-order valence-corrected chi connectivity index (χ1v) is 17.8. The lowest BCUT2D eigenvalue weighted by Gasteiger charge is -2.26. The third-order valence-corrected chi connectivity index (χ3v) is 10.2. The van der Waals surface area contributed by atoms with E-state index in [9.17, 15) is 10.2 Å². The highest BCUT2D eigenvalue weighted by Crippen LogP contribution is 2.39. The molecule has 0 bridgehead atoms. The summed E-state index contributed by atoms with van der Waals surface area (Å²) >= 11 is 0. The third-order valence-electron chi connectivity index (χ3n) is 10.2. The second-order valence-corrected chi connectivity index (χ2v) is 14.2. The van der Waals surface area contributed by atoms with Crippen molar-refractivity contribution >= 4 is 43.6 Å². The minimum absolute atomic E-state index is 0.300. The zero-order chi connectivity index (χ0) is 35.2. The maximum atomic E-state index is 12.0. The second-order valence-electron chi connectivity index (χ2n) is 14.2. The molecule has 0 fully saturated rings. The molecule has 0 atom stereocenters. The Morgan fingerprint density at radius 3 is 1.31 bits per heavy atom. The molecule has 0 radical (unpaired) electrons. The molecular formula is C45H44N4O2. The first kappa shape index (κ1) is 32.6. The molecule has 0 aliphatic carbocycles. The van der Waals surface area contributed by atoms with Gasteiger partial charge in [0.1, 0.15) is 11.5 Å². The van der Waals surface area contributed by atoms with E-state index < -0.39 is 0 Å². The Hall–Kier alpha value is -5.56. The van der Waals surface area contributed by atoms with Crippen LogP contribution in [0.15, 0.2) is 121 Å². The quantitative estimate of drug-likeness (QED) is 0.152. The zero-order valence-corrected chi connectivity index (χ0v) is 29.8. The maximum absolute atomic E-state index is 12.0. The summed E-state index contributed by atoms with van der Waals surface area (Å²) in [5.74, 6) is 0.612. The smallest absolute Gasteiger partial charge is 0.144 e. The Balaban J connectivity index is 1.15. The van der Waals surface area contributed by atoms with Crippen LogP contribution in [0.4, 0.5) is 0 Å². The summed E-state index contributed by atoms with van der Waals surface area (Å²) in [5.41, 5.74) is 9.90. The number of aryl methyl sites for hydroxylation is 2. The van der Waals surface area contributed by atoms with E-state index in [0.29, 0.717) is 24.5 Å². The minimum Gasteiger partial charge on any atom is -0.505 e. The molecule has 6 aromatic carbocycles. The molecule has 2 heterocycles. The van der Waals surface area contributed by atoms with Crippen LogP contribution >= 0.6 is 0 Å². The number of phenols is 2. The number of likely N-dealkylation sites (N-methyl/N-ethyl adjacent to an activating group) is 1. The molecule has 0 unspecified atom stereocenters. The summed E-state index contributed by atoms with van der Waals surface area (Å²) in [6.45, 7) is 7.19. The Labute approximate surface area is 299 Å². The van der Waals surface area contributed by atoms with E-state index in [-0.39, 0.29) is 0 Å². The lowest BCUT2D eigenvalue weighted by Crippen LogP contribution is -2.33. The van der Waals surface area contributed by atoms with Crippen molar-refractivity contribution in [3.8, 4) is 22.9 Å². The van der Waals surface area contributed by atoms with Crippen molar-refractivity contribution in [3.05, 3.63) is 144 Å². The van der Waals surface area contributed by atoms with Crippen molar-refractivity contribution < 1.29 is 10.2 Å². The predicted molar refractivity (Wildman–Crippen MR) is 212 cm³/mol. The van der Waals surface area contributed by atoms with Crippen molar-refractivity contribution in [2.24, 2.45) is 0 Å². The van der Waals surface area contributed by atoms with Crippen LogP contribution in [0.2, 0.25) is 0 Å². The Bertz CT molecular complexity index is 2450. The number of aromatic hydroxyl groups is 2. The van der Waals surface area contributed by atoms with Crippen molar-refractivity contribution in [1.82, 2.24) is 18.9 Å². The molecule has 2 N–H and O–H groups in total. The summed E-state index contributed by atoms with van der Waals surface area (Å²) in [6.07, 6.45) is 0.664. The summed E-state index contributed by atoms with van der Waals surface area (Å²) < 4.78 is 4.39. The summed E-state index contributed by atoms with van der Waals surface area (Å²) in [6, 6.07) is 42.0. The lowest BCUT2D eigenvalue weighted by atomic mass is 10.0. The molecule has 6 heteroatoms. The average molecular weight is 673 g/mol. The van der Waals surface area contributed by atoms with Crippen LogP contribution in [-0.2, 0) is 13.0 Å². The van der Waals surface area contributed by atoms with Crippen molar-refractivity contribution in [1.29, 1.82) is 0 Å². The summed E-state index contributed by atoms with van der Waals surface area (Å²) in [5, 5.41) is 28.6. The van der Waals surface area contributed by atoms with Gasteiger partial charge in [0.2, 0.25) is 0 Å². The molecule has 0 aliphatic rings. The highest BCUT2D eigenvalue weighted by Gasteiger charge is 2.21. The molecule has 0 saturated heterocycles. The number of hydrogen-bond acceptors (Lipinski definition) is 4. The van der Waals surface area contributed by atoms with Crippen LogP contribution in [0.25, 0.3) is 55.0 Å². The topological polar surface area (TPSA) is 56.8 Å². The Morgan fingerprint density at radius 1 is 0.490 bits per heavy atom. The highest BCUT2D eigenvalue weighted by atomic mass is 16.3. The van der Waals surface area contributed by atoms with Gasteiger partial charge in [-0.25, -0.2) is 0 Å². The fraction of sp³-hybridized carbons (Fsp3) is 0.200. The number of fused-ring (bicyclic) bond motifs is 6. The van der Waals surface area contributed by atoms with Gasteiger partial charge in [0.05, 0.1) is 33.4 Å². The minimum atomic E-state index is 0.300. The van der Waals surface area contributed by atoms with Crippen LogP contribution in [-0.4, -0.2) is 62.9 Å². The largest absolute Gasteiger partial charge is 0.505 e. The van der Waals surface area contributed by atoms with E-state index in [1.165, 1.54) is 21.5 Å². The molecule has 256 valence electrons. The van der Waals surface area contributed by atoms with Gasteiger partial charge in [-0.15, -0.1) is 0 Å². The molecular weight excluding hydrogens is 629 g/mol. The van der Waals surface area contributed by atoms with E-state index in [1.54, 1.807) is 0 Å². The second kappa shape index (κ2) is 13.3. The van der Waals surface area contributed by atoms with Crippen LogP contribution in [0.3, 0.4) is 0 Å². The molecule has 0 aliphatic heterocycles. The molecule has 0 saturated carbocycles. The number of phenolic OH excluding ortho intramolecular Hbond substituents is 2. The normalized spacial score (nSPS) is 12.0. The highest BCUT2D eigenvalue weighted by molar-refractivity contribution is 6.10. The van der Waals surface area contributed by atoms with Crippen LogP contribution < -0.4 is 0 Å². The van der Waals surface area contributed by atoms with Crippen molar-refractivity contribution in [3.63, 3.8) is 0 Å². The van der Waals surface area contributed by atoms with Gasteiger partial charge in [0, 0.05) is 53.3 Å². The van der Waals surface area contributed by atoms with Gasteiger partial charge in [-0.1, -0.05) is 84.9 Å². The zero-order valence-electron chi connectivity index (χ0n) is 29.8. The third kappa shape index (κ3) is 5.90. The van der Waals surface area contributed by atoms with E-state index in [4.69, 9.17) is 0 Å². The monoisotopic (exact) mass is 672 g/mol.